The van der Waals surface area contributed by atoms with Gasteiger partial charge in [0.05, 0.1) is 13.2 Å². The van der Waals surface area contributed by atoms with Gasteiger partial charge in [-0.05, 0) is 44.4 Å². The van der Waals surface area contributed by atoms with Crippen molar-refractivity contribution in [1.29, 1.82) is 0 Å². The van der Waals surface area contributed by atoms with Crippen molar-refractivity contribution >= 4 is 15.9 Å². The second kappa shape index (κ2) is 10.2. The Morgan fingerprint density at radius 1 is 1.38 bits per heavy atom. The topological polar surface area (TPSA) is 87.2 Å². The molecular formula is C24H34N2O5S. The summed E-state index contributed by atoms with van der Waals surface area (Å²) in [5, 5.41) is 9.72. The Morgan fingerprint density at radius 2 is 2.09 bits per heavy atom. The summed E-state index contributed by atoms with van der Waals surface area (Å²) in [6.45, 7) is 5.93. The van der Waals surface area contributed by atoms with Crippen LogP contribution in [0.15, 0.2) is 23.1 Å². The smallest absolute Gasteiger partial charge is 0.247 e. The van der Waals surface area contributed by atoms with Crippen molar-refractivity contribution in [3.8, 4) is 17.6 Å². The highest BCUT2D eigenvalue weighted by molar-refractivity contribution is 7.89. The summed E-state index contributed by atoms with van der Waals surface area (Å²) in [5.41, 5.74) is 0.684. The number of ether oxygens (including phenoxy) is 1. The molecule has 1 fully saturated rings. The van der Waals surface area contributed by atoms with Gasteiger partial charge in [0, 0.05) is 43.5 Å². The molecule has 1 heterocycles. The molecule has 1 saturated carbocycles. The van der Waals surface area contributed by atoms with Crippen molar-refractivity contribution in [2.45, 2.75) is 63.5 Å². The molecule has 3 rings (SSSR count). The number of carbonyl (C=O) groups is 1. The number of benzene rings is 1. The fourth-order valence-corrected chi connectivity index (χ4v) is 5.64. The Kier molecular flexibility index (Phi) is 7.86. The maximum atomic E-state index is 13.5. The molecule has 2 aliphatic rings. The normalized spacial score (nSPS) is 23.5. The van der Waals surface area contributed by atoms with Gasteiger partial charge in [-0.2, -0.15) is 4.31 Å². The third-order valence-electron chi connectivity index (χ3n) is 6.03. The van der Waals surface area contributed by atoms with Gasteiger partial charge in [-0.25, -0.2) is 8.42 Å². The van der Waals surface area contributed by atoms with Crippen molar-refractivity contribution < 1.29 is 23.1 Å². The standard InChI is InChI=1S/C24H34N2O5S/c1-5-6-7-8-19-9-12-23-21(13-19)31-22(15-25(4)24(28)20-10-11-20)17(2)14-26(18(3)16-27)32(23,29)30/h9,12-13,17-18,20,22,27H,5-6,10-11,14-16H2,1-4H3/t17-,18-,22+/m1/s1. The number of aliphatic hydroxyl groups excluding tert-OH is 1. The van der Waals surface area contributed by atoms with Gasteiger partial charge in [0.15, 0.2) is 0 Å². The van der Waals surface area contributed by atoms with E-state index in [0.717, 1.165) is 25.7 Å². The first-order chi connectivity index (χ1) is 15.2. The number of aliphatic hydroxyl groups is 1. The van der Waals surface area contributed by atoms with E-state index in [1.165, 1.54) is 10.4 Å². The van der Waals surface area contributed by atoms with Crippen molar-refractivity contribution in [1.82, 2.24) is 9.21 Å². The molecule has 7 nitrogen and oxygen atoms in total. The van der Waals surface area contributed by atoms with Crippen LogP contribution in [0.25, 0.3) is 0 Å². The molecule has 1 N–H and O–H groups in total. The minimum absolute atomic E-state index is 0.0620. The molecule has 1 amide bonds. The third-order valence-corrected chi connectivity index (χ3v) is 8.05. The van der Waals surface area contributed by atoms with E-state index in [1.807, 2.05) is 13.8 Å². The van der Waals surface area contributed by atoms with E-state index >= 15 is 0 Å². The van der Waals surface area contributed by atoms with Gasteiger partial charge in [0.25, 0.3) is 0 Å². The highest BCUT2D eigenvalue weighted by Gasteiger charge is 2.39. The highest BCUT2D eigenvalue weighted by atomic mass is 32.2. The summed E-state index contributed by atoms with van der Waals surface area (Å²) in [4.78, 5) is 14.3. The lowest BCUT2D eigenvalue weighted by atomic mass is 10.0. The summed E-state index contributed by atoms with van der Waals surface area (Å²) in [7, 11) is -2.11. The molecule has 0 unspecified atom stereocenters. The highest BCUT2D eigenvalue weighted by Crippen LogP contribution is 2.35. The van der Waals surface area contributed by atoms with E-state index in [2.05, 4.69) is 11.8 Å². The molecule has 0 radical (unpaired) electrons. The minimum atomic E-state index is -3.88. The predicted octanol–water partition coefficient (Wildman–Crippen LogP) is 2.48. The maximum Gasteiger partial charge on any atom is 0.247 e. The van der Waals surface area contributed by atoms with Crippen LogP contribution in [-0.4, -0.2) is 67.5 Å². The van der Waals surface area contributed by atoms with Gasteiger partial charge in [0.1, 0.15) is 16.7 Å². The molecule has 1 aliphatic heterocycles. The fraction of sp³-hybridized carbons (Fsp3) is 0.625. The van der Waals surface area contributed by atoms with E-state index in [9.17, 15) is 18.3 Å². The Labute approximate surface area is 191 Å². The molecule has 0 aromatic heterocycles. The summed E-state index contributed by atoms with van der Waals surface area (Å²) in [5.74, 6) is 6.40. The van der Waals surface area contributed by atoms with Gasteiger partial charge in [-0.1, -0.05) is 25.7 Å². The van der Waals surface area contributed by atoms with Crippen LogP contribution in [0, 0.1) is 23.7 Å². The second-order valence-corrected chi connectivity index (χ2v) is 10.8. The molecule has 32 heavy (non-hydrogen) atoms. The van der Waals surface area contributed by atoms with Crippen LogP contribution in [0.5, 0.6) is 5.75 Å². The number of carbonyl (C=O) groups excluding carboxylic acids is 1. The first-order valence-corrected chi connectivity index (χ1v) is 12.8. The maximum absolute atomic E-state index is 13.5. The molecule has 0 bridgehead atoms. The number of fused-ring (bicyclic) bond motifs is 1. The SMILES string of the molecule is CCCC#Cc1ccc2c(c1)O[C@@H](CN(C)C(=O)C1CC1)[C@H](C)CN([C@H](C)CO)S2(=O)=O. The lowest BCUT2D eigenvalue weighted by Gasteiger charge is -2.37. The second-order valence-electron chi connectivity index (χ2n) is 8.95. The van der Waals surface area contributed by atoms with Gasteiger partial charge >= 0.3 is 0 Å². The number of likely N-dealkylation sites (N-methyl/N-ethyl adjacent to an activating group) is 1. The Morgan fingerprint density at radius 3 is 2.72 bits per heavy atom. The zero-order valence-corrected chi connectivity index (χ0v) is 20.2. The Bertz CT molecular complexity index is 993. The summed E-state index contributed by atoms with van der Waals surface area (Å²) < 4.78 is 34.6. The van der Waals surface area contributed by atoms with Crippen LogP contribution in [0.1, 0.15) is 52.0 Å². The molecule has 1 aromatic carbocycles. The molecular weight excluding hydrogens is 428 g/mol. The quantitative estimate of drug-likeness (QED) is 0.657. The molecule has 8 heteroatoms. The van der Waals surface area contributed by atoms with Crippen molar-refractivity contribution in [2.24, 2.45) is 11.8 Å². The number of unbranched alkanes of at least 4 members (excludes halogenated alkanes) is 1. The number of sulfonamides is 1. The van der Waals surface area contributed by atoms with Crippen LogP contribution in [-0.2, 0) is 14.8 Å². The molecule has 0 spiro atoms. The van der Waals surface area contributed by atoms with Gasteiger partial charge in [-0.3, -0.25) is 4.79 Å². The van der Waals surface area contributed by atoms with E-state index in [1.54, 1.807) is 31.0 Å². The molecule has 3 atom stereocenters. The van der Waals surface area contributed by atoms with E-state index in [0.29, 0.717) is 12.1 Å². The first kappa shape index (κ1) is 24.6. The van der Waals surface area contributed by atoms with Crippen molar-refractivity contribution in [3.05, 3.63) is 23.8 Å². The Balaban J connectivity index is 2.01. The molecule has 1 aliphatic carbocycles. The summed E-state index contributed by atoms with van der Waals surface area (Å²) in [6, 6.07) is 4.31. The predicted molar refractivity (Wildman–Crippen MR) is 123 cm³/mol. The summed E-state index contributed by atoms with van der Waals surface area (Å²) in [6.07, 6.45) is 3.15. The third kappa shape index (κ3) is 5.45. The van der Waals surface area contributed by atoms with Crippen molar-refractivity contribution in [2.75, 3.05) is 26.7 Å². The van der Waals surface area contributed by atoms with Crippen LogP contribution in [0.3, 0.4) is 0 Å². The fourth-order valence-electron chi connectivity index (χ4n) is 3.81. The average molecular weight is 463 g/mol. The van der Waals surface area contributed by atoms with E-state index < -0.39 is 22.2 Å². The first-order valence-electron chi connectivity index (χ1n) is 11.4. The number of rotatable bonds is 6. The molecule has 0 saturated heterocycles. The van der Waals surface area contributed by atoms with Crippen LogP contribution >= 0.6 is 0 Å². The lowest BCUT2D eigenvalue weighted by molar-refractivity contribution is -0.132. The van der Waals surface area contributed by atoms with E-state index in [-0.39, 0.29) is 41.5 Å². The van der Waals surface area contributed by atoms with Crippen LogP contribution in [0.4, 0.5) is 0 Å². The van der Waals surface area contributed by atoms with Crippen LogP contribution in [0.2, 0.25) is 0 Å². The van der Waals surface area contributed by atoms with Gasteiger partial charge < -0.3 is 14.7 Å². The monoisotopic (exact) mass is 462 g/mol. The van der Waals surface area contributed by atoms with E-state index in [4.69, 9.17) is 4.74 Å². The molecule has 1 aromatic rings. The number of amides is 1. The Hall–Kier alpha value is -2.08. The van der Waals surface area contributed by atoms with Crippen LogP contribution < -0.4 is 4.74 Å². The zero-order valence-electron chi connectivity index (χ0n) is 19.4. The largest absolute Gasteiger partial charge is 0.487 e. The van der Waals surface area contributed by atoms with Crippen molar-refractivity contribution in [3.63, 3.8) is 0 Å². The molecule has 176 valence electrons. The summed E-state index contributed by atoms with van der Waals surface area (Å²) >= 11 is 0. The lowest BCUT2D eigenvalue weighted by Crippen LogP contribution is -2.50. The number of nitrogens with zero attached hydrogens (tertiary/aromatic N) is 2. The number of hydrogen-bond acceptors (Lipinski definition) is 5. The average Bonchev–Trinajstić information content (AvgIpc) is 3.60. The zero-order chi connectivity index (χ0) is 23.5. The number of hydrogen-bond donors (Lipinski definition) is 1. The van der Waals surface area contributed by atoms with Gasteiger partial charge in [0.2, 0.25) is 15.9 Å². The minimum Gasteiger partial charge on any atom is -0.487 e. The van der Waals surface area contributed by atoms with Gasteiger partial charge in [-0.15, -0.1) is 0 Å².